The molecule has 0 aliphatic heterocycles. The van der Waals surface area contributed by atoms with Crippen LogP contribution in [0.2, 0.25) is 5.15 Å². The molecule has 0 bridgehead atoms. The normalized spacial score (nSPS) is 10.1. The first-order valence-electron chi connectivity index (χ1n) is 3.76. The maximum Gasteiger partial charge on any atom is 0.133 e. The molecule has 6 heteroatoms. The molecule has 0 spiro atoms. The molecule has 0 aliphatic carbocycles. The highest BCUT2D eigenvalue weighted by molar-refractivity contribution is 7.99. The molecule has 0 saturated carbocycles. The molecule has 0 amide bonds. The van der Waals surface area contributed by atoms with Crippen LogP contribution >= 0.6 is 23.4 Å². The highest BCUT2D eigenvalue weighted by atomic mass is 35.5. The number of hydrogen-bond donors (Lipinski definition) is 0. The van der Waals surface area contributed by atoms with Crippen molar-refractivity contribution in [3.8, 4) is 0 Å². The summed E-state index contributed by atoms with van der Waals surface area (Å²) in [6.07, 6.45) is 6.34. The van der Waals surface area contributed by atoms with E-state index in [4.69, 9.17) is 11.6 Å². The van der Waals surface area contributed by atoms with Gasteiger partial charge in [0.25, 0.3) is 0 Å². The lowest BCUT2D eigenvalue weighted by Crippen LogP contribution is -1.85. The van der Waals surface area contributed by atoms with E-state index in [1.165, 1.54) is 18.1 Å². The summed E-state index contributed by atoms with van der Waals surface area (Å²) < 4.78 is 0. The molecule has 2 aromatic rings. The zero-order valence-electron chi connectivity index (χ0n) is 6.96. The van der Waals surface area contributed by atoms with Crippen LogP contribution in [0.15, 0.2) is 41.0 Å². The molecule has 0 atom stereocenters. The number of hydrogen-bond acceptors (Lipinski definition) is 5. The zero-order valence-corrected chi connectivity index (χ0v) is 8.53. The molecule has 14 heavy (non-hydrogen) atoms. The lowest BCUT2D eigenvalue weighted by atomic mass is 10.7. The highest BCUT2D eigenvalue weighted by Crippen LogP contribution is 2.23. The van der Waals surface area contributed by atoms with Gasteiger partial charge in [-0.25, -0.2) is 15.0 Å². The minimum atomic E-state index is 0.423. The maximum absolute atomic E-state index is 5.71. The Bertz CT molecular complexity index is 423. The number of aromatic nitrogens is 4. The van der Waals surface area contributed by atoms with Gasteiger partial charge in [0.15, 0.2) is 0 Å². The molecule has 0 radical (unpaired) electrons. The predicted molar refractivity (Wildman–Crippen MR) is 53.2 cm³/mol. The first-order valence-corrected chi connectivity index (χ1v) is 4.95. The van der Waals surface area contributed by atoms with Crippen LogP contribution in [-0.4, -0.2) is 19.9 Å². The quantitative estimate of drug-likeness (QED) is 0.731. The Kier molecular flexibility index (Phi) is 2.90. The Labute approximate surface area is 89.8 Å². The summed E-state index contributed by atoms with van der Waals surface area (Å²) in [4.78, 5) is 15.9. The van der Waals surface area contributed by atoms with Crippen molar-refractivity contribution in [2.45, 2.75) is 10.1 Å². The topological polar surface area (TPSA) is 51.6 Å². The van der Waals surface area contributed by atoms with Crippen molar-refractivity contribution >= 4 is 23.4 Å². The molecule has 0 N–H and O–H groups in total. The van der Waals surface area contributed by atoms with Gasteiger partial charge in [-0.2, -0.15) is 0 Å². The Morgan fingerprint density at radius 3 is 2.71 bits per heavy atom. The van der Waals surface area contributed by atoms with E-state index in [9.17, 15) is 0 Å². The molecule has 2 heterocycles. The zero-order chi connectivity index (χ0) is 9.80. The second-order valence-electron chi connectivity index (χ2n) is 2.32. The van der Waals surface area contributed by atoms with E-state index < -0.39 is 0 Å². The van der Waals surface area contributed by atoms with Crippen LogP contribution in [0.4, 0.5) is 0 Å². The number of rotatable bonds is 2. The first-order chi connectivity index (χ1) is 6.84. The van der Waals surface area contributed by atoms with Gasteiger partial charge in [0, 0.05) is 18.5 Å². The van der Waals surface area contributed by atoms with E-state index in [-0.39, 0.29) is 0 Å². The molecule has 0 aliphatic rings. The molecular formula is C8H5ClN4S. The summed E-state index contributed by atoms with van der Waals surface area (Å²) >= 11 is 7.10. The van der Waals surface area contributed by atoms with Crippen molar-refractivity contribution < 1.29 is 0 Å². The van der Waals surface area contributed by atoms with E-state index >= 15 is 0 Å². The van der Waals surface area contributed by atoms with Gasteiger partial charge in [-0.3, -0.25) is 4.98 Å². The fourth-order valence-electron chi connectivity index (χ4n) is 0.818. The summed E-state index contributed by atoms with van der Waals surface area (Å²) in [6.45, 7) is 0. The fourth-order valence-corrected chi connectivity index (χ4v) is 1.74. The summed E-state index contributed by atoms with van der Waals surface area (Å²) in [6, 6.07) is 1.68. The Morgan fingerprint density at radius 2 is 2.00 bits per heavy atom. The van der Waals surface area contributed by atoms with Crippen molar-refractivity contribution in [1.82, 2.24) is 19.9 Å². The van der Waals surface area contributed by atoms with Crippen molar-refractivity contribution in [1.29, 1.82) is 0 Å². The molecule has 70 valence electrons. The lowest BCUT2D eigenvalue weighted by Gasteiger charge is -1.97. The summed E-state index contributed by atoms with van der Waals surface area (Å²) in [5.74, 6) is 0. The predicted octanol–water partition coefficient (Wildman–Crippen LogP) is 2.07. The molecule has 0 fully saturated rings. The Balaban J connectivity index is 2.19. The van der Waals surface area contributed by atoms with Crippen molar-refractivity contribution in [3.63, 3.8) is 0 Å². The molecule has 4 nitrogen and oxygen atoms in total. The van der Waals surface area contributed by atoms with Gasteiger partial charge in [0.1, 0.15) is 21.5 Å². The third kappa shape index (κ3) is 2.40. The fraction of sp³-hybridized carbons (Fsp3) is 0. The van der Waals surface area contributed by atoms with Gasteiger partial charge in [-0.1, -0.05) is 11.6 Å². The summed E-state index contributed by atoms with van der Waals surface area (Å²) in [5, 5.41) is 1.96. The van der Waals surface area contributed by atoms with Gasteiger partial charge in [0.2, 0.25) is 0 Å². The van der Waals surface area contributed by atoms with Crippen LogP contribution < -0.4 is 0 Å². The minimum Gasteiger partial charge on any atom is -0.260 e. The minimum absolute atomic E-state index is 0.423. The largest absolute Gasteiger partial charge is 0.260 e. The SMILES string of the molecule is Clc1cc(Sc2cnccn2)ncn1. The van der Waals surface area contributed by atoms with Crippen LogP contribution in [0.1, 0.15) is 0 Å². The monoisotopic (exact) mass is 224 g/mol. The maximum atomic E-state index is 5.71. The second kappa shape index (κ2) is 4.34. The smallest absolute Gasteiger partial charge is 0.133 e. The Hall–Kier alpha value is -1.20. The van der Waals surface area contributed by atoms with Crippen molar-refractivity contribution in [2.24, 2.45) is 0 Å². The first kappa shape index (κ1) is 9.36. The lowest BCUT2D eigenvalue weighted by molar-refractivity contribution is 1.02. The third-order valence-corrected chi connectivity index (χ3v) is 2.42. The van der Waals surface area contributed by atoms with Crippen LogP contribution in [-0.2, 0) is 0 Å². The molecule has 0 aromatic carbocycles. The van der Waals surface area contributed by atoms with E-state index in [1.807, 2.05) is 0 Å². The van der Waals surface area contributed by atoms with E-state index in [1.54, 1.807) is 24.7 Å². The van der Waals surface area contributed by atoms with Crippen LogP contribution in [0, 0.1) is 0 Å². The summed E-state index contributed by atoms with van der Waals surface area (Å²) in [5.41, 5.74) is 0. The molecule has 0 saturated heterocycles. The molecule has 2 rings (SSSR count). The molecular weight excluding hydrogens is 220 g/mol. The van der Waals surface area contributed by atoms with Crippen LogP contribution in [0.5, 0.6) is 0 Å². The van der Waals surface area contributed by atoms with E-state index in [0.29, 0.717) is 5.15 Å². The molecule has 2 aromatic heterocycles. The molecule has 0 unspecified atom stereocenters. The average molecular weight is 225 g/mol. The van der Waals surface area contributed by atoms with E-state index in [0.717, 1.165) is 10.1 Å². The van der Waals surface area contributed by atoms with Gasteiger partial charge < -0.3 is 0 Å². The highest BCUT2D eigenvalue weighted by Gasteiger charge is 2.00. The number of halogens is 1. The average Bonchev–Trinajstić information content (AvgIpc) is 2.19. The van der Waals surface area contributed by atoms with Gasteiger partial charge in [-0.05, 0) is 11.8 Å². The van der Waals surface area contributed by atoms with Crippen LogP contribution in [0.25, 0.3) is 0 Å². The van der Waals surface area contributed by atoms with Gasteiger partial charge in [-0.15, -0.1) is 0 Å². The standard InChI is InChI=1S/C8H5ClN4S/c9-6-3-7(13-5-12-6)14-8-4-10-1-2-11-8/h1-5H. The summed E-state index contributed by atoms with van der Waals surface area (Å²) in [7, 11) is 0. The second-order valence-corrected chi connectivity index (χ2v) is 3.75. The Morgan fingerprint density at radius 1 is 1.07 bits per heavy atom. The van der Waals surface area contributed by atoms with Gasteiger partial charge in [0.05, 0.1) is 6.20 Å². The van der Waals surface area contributed by atoms with Gasteiger partial charge >= 0.3 is 0 Å². The number of nitrogens with zero attached hydrogens (tertiary/aromatic N) is 4. The van der Waals surface area contributed by atoms with Crippen molar-refractivity contribution in [2.75, 3.05) is 0 Å². The van der Waals surface area contributed by atoms with Crippen LogP contribution in [0.3, 0.4) is 0 Å². The third-order valence-electron chi connectivity index (χ3n) is 1.36. The van der Waals surface area contributed by atoms with Crippen molar-refractivity contribution in [3.05, 3.63) is 36.1 Å². The van der Waals surface area contributed by atoms with E-state index in [2.05, 4.69) is 19.9 Å².